The summed E-state index contributed by atoms with van der Waals surface area (Å²) in [5.41, 5.74) is 0. The normalized spacial score (nSPS) is 15.6. The molecule has 0 spiro atoms. The zero-order valence-corrected chi connectivity index (χ0v) is 11.7. The fraction of sp³-hybridized carbons (Fsp3) is 1.00. The van der Waals surface area contributed by atoms with Crippen LogP contribution in [0.25, 0.3) is 0 Å². The number of hydrogen-bond donors (Lipinski definition) is 0. The van der Waals surface area contributed by atoms with Gasteiger partial charge in [-0.15, -0.1) is 0 Å². The minimum atomic E-state index is 0.940. The van der Waals surface area contributed by atoms with E-state index >= 15 is 0 Å². The summed E-state index contributed by atoms with van der Waals surface area (Å²) in [6.07, 6.45) is 9.76. The second kappa shape index (κ2) is 9.24. The summed E-state index contributed by atoms with van der Waals surface area (Å²) in [6, 6.07) is 0. The summed E-state index contributed by atoms with van der Waals surface area (Å²) in [6.45, 7) is 11.8. The third-order valence-electron chi connectivity index (χ3n) is 4.02. The van der Waals surface area contributed by atoms with Gasteiger partial charge in [0.2, 0.25) is 0 Å². The molecule has 0 aromatic carbocycles. The van der Waals surface area contributed by atoms with Crippen molar-refractivity contribution < 1.29 is 0 Å². The van der Waals surface area contributed by atoms with Gasteiger partial charge in [0.25, 0.3) is 0 Å². The Bertz CT molecular complexity index is 124. The molecule has 0 fully saturated rings. The van der Waals surface area contributed by atoms with Crippen LogP contribution in [0.2, 0.25) is 0 Å². The fourth-order valence-corrected chi connectivity index (χ4v) is 2.95. The molecule has 0 aromatic heterocycles. The molecule has 0 amide bonds. The Hall–Kier alpha value is 0. The van der Waals surface area contributed by atoms with Gasteiger partial charge in [0.1, 0.15) is 0 Å². The Balaban J connectivity index is 4.20. The smallest absolute Gasteiger partial charge is 0.0360 e. The SMILES string of the molecule is CCCCC(C)C(CCC)C(CC)CC. The molecule has 0 saturated heterocycles. The summed E-state index contributed by atoms with van der Waals surface area (Å²) in [5, 5.41) is 0. The van der Waals surface area contributed by atoms with Crippen molar-refractivity contribution in [2.45, 2.75) is 79.6 Å². The van der Waals surface area contributed by atoms with Gasteiger partial charge < -0.3 is 0 Å². The second-order valence-electron chi connectivity index (χ2n) is 5.15. The Labute approximate surface area is 97.8 Å². The minimum absolute atomic E-state index is 0.940. The molecule has 0 aliphatic carbocycles. The van der Waals surface area contributed by atoms with Gasteiger partial charge in [-0.3, -0.25) is 0 Å². The summed E-state index contributed by atoms with van der Waals surface area (Å²) in [5.74, 6) is 2.89. The third kappa shape index (κ3) is 5.58. The first-order valence-corrected chi connectivity index (χ1v) is 7.21. The van der Waals surface area contributed by atoms with Crippen molar-refractivity contribution in [3.63, 3.8) is 0 Å². The van der Waals surface area contributed by atoms with Gasteiger partial charge in [-0.1, -0.05) is 79.6 Å². The van der Waals surface area contributed by atoms with E-state index in [2.05, 4.69) is 34.6 Å². The molecule has 0 bridgehead atoms. The van der Waals surface area contributed by atoms with E-state index in [4.69, 9.17) is 0 Å². The molecular weight excluding hydrogens is 180 g/mol. The third-order valence-corrected chi connectivity index (χ3v) is 4.02. The molecule has 0 nitrogen and oxygen atoms in total. The van der Waals surface area contributed by atoms with Crippen LogP contribution in [0.15, 0.2) is 0 Å². The first-order chi connectivity index (χ1) is 7.21. The zero-order chi connectivity index (χ0) is 11.7. The lowest BCUT2D eigenvalue weighted by Gasteiger charge is -2.30. The predicted octanol–water partition coefficient (Wildman–Crippen LogP) is 5.67. The number of rotatable bonds is 9. The summed E-state index contributed by atoms with van der Waals surface area (Å²) in [7, 11) is 0. The lowest BCUT2D eigenvalue weighted by atomic mass is 9.75. The molecule has 2 unspecified atom stereocenters. The van der Waals surface area contributed by atoms with E-state index in [0.29, 0.717) is 0 Å². The van der Waals surface area contributed by atoms with Gasteiger partial charge in [0.15, 0.2) is 0 Å². The van der Waals surface area contributed by atoms with Crippen molar-refractivity contribution in [2.75, 3.05) is 0 Å². The van der Waals surface area contributed by atoms with Gasteiger partial charge in [0.05, 0.1) is 0 Å². The van der Waals surface area contributed by atoms with Gasteiger partial charge in [0, 0.05) is 0 Å². The van der Waals surface area contributed by atoms with Crippen LogP contribution in [0, 0.1) is 17.8 Å². The van der Waals surface area contributed by atoms with Crippen LogP contribution < -0.4 is 0 Å². The monoisotopic (exact) mass is 212 g/mol. The standard InChI is InChI=1S/C15H32/c1-6-10-12-13(5)15(11-7-2)14(8-3)9-4/h13-15H,6-12H2,1-5H3. The molecule has 0 aliphatic heterocycles. The maximum Gasteiger partial charge on any atom is -0.0360 e. The van der Waals surface area contributed by atoms with E-state index in [-0.39, 0.29) is 0 Å². The van der Waals surface area contributed by atoms with E-state index in [1.165, 1.54) is 44.9 Å². The molecule has 2 atom stereocenters. The van der Waals surface area contributed by atoms with Crippen molar-refractivity contribution in [1.29, 1.82) is 0 Å². The van der Waals surface area contributed by atoms with E-state index in [1.807, 2.05) is 0 Å². The highest BCUT2D eigenvalue weighted by Crippen LogP contribution is 2.33. The van der Waals surface area contributed by atoms with Gasteiger partial charge in [-0.2, -0.15) is 0 Å². The van der Waals surface area contributed by atoms with Gasteiger partial charge in [-0.05, 0) is 17.8 Å². The highest BCUT2D eigenvalue weighted by atomic mass is 14.3. The maximum absolute atomic E-state index is 2.48. The molecule has 0 heteroatoms. The van der Waals surface area contributed by atoms with Gasteiger partial charge >= 0.3 is 0 Å². The highest BCUT2D eigenvalue weighted by molar-refractivity contribution is 4.73. The lowest BCUT2D eigenvalue weighted by molar-refractivity contribution is 0.199. The maximum atomic E-state index is 2.48. The molecule has 0 rings (SSSR count). The van der Waals surface area contributed by atoms with Crippen LogP contribution in [0.5, 0.6) is 0 Å². The Morgan fingerprint density at radius 1 is 0.800 bits per heavy atom. The lowest BCUT2D eigenvalue weighted by Crippen LogP contribution is -2.21. The molecular formula is C15H32. The Kier molecular flexibility index (Phi) is 9.24. The average Bonchev–Trinajstić information content (AvgIpc) is 2.26. The van der Waals surface area contributed by atoms with E-state index in [1.54, 1.807) is 0 Å². The van der Waals surface area contributed by atoms with Crippen molar-refractivity contribution in [1.82, 2.24) is 0 Å². The molecule has 0 radical (unpaired) electrons. The fourth-order valence-electron chi connectivity index (χ4n) is 2.95. The van der Waals surface area contributed by atoms with Crippen LogP contribution in [0.1, 0.15) is 79.6 Å². The van der Waals surface area contributed by atoms with Crippen LogP contribution >= 0.6 is 0 Å². The molecule has 0 N–H and O–H groups in total. The molecule has 0 aliphatic rings. The largest absolute Gasteiger partial charge is 0.0654 e. The number of hydrogen-bond acceptors (Lipinski definition) is 0. The first-order valence-electron chi connectivity index (χ1n) is 7.21. The Morgan fingerprint density at radius 3 is 1.80 bits per heavy atom. The summed E-state index contributed by atoms with van der Waals surface area (Å²) < 4.78 is 0. The number of unbranched alkanes of at least 4 members (excludes halogenated alkanes) is 1. The van der Waals surface area contributed by atoms with Crippen LogP contribution in [0.3, 0.4) is 0 Å². The van der Waals surface area contributed by atoms with Crippen molar-refractivity contribution in [3.8, 4) is 0 Å². The molecule has 0 heterocycles. The van der Waals surface area contributed by atoms with Crippen molar-refractivity contribution in [2.24, 2.45) is 17.8 Å². The predicted molar refractivity (Wildman–Crippen MR) is 71.2 cm³/mol. The van der Waals surface area contributed by atoms with Crippen LogP contribution in [-0.2, 0) is 0 Å². The van der Waals surface area contributed by atoms with E-state index < -0.39 is 0 Å². The van der Waals surface area contributed by atoms with E-state index in [9.17, 15) is 0 Å². The molecule has 15 heavy (non-hydrogen) atoms. The Morgan fingerprint density at radius 2 is 1.40 bits per heavy atom. The second-order valence-corrected chi connectivity index (χ2v) is 5.15. The summed E-state index contributed by atoms with van der Waals surface area (Å²) in [4.78, 5) is 0. The molecule has 0 saturated carbocycles. The average molecular weight is 212 g/mol. The minimum Gasteiger partial charge on any atom is -0.0654 e. The van der Waals surface area contributed by atoms with Crippen molar-refractivity contribution >= 4 is 0 Å². The first kappa shape index (κ1) is 15.0. The van der Waals surface area contributed by atoms with Gasteiger partial charge in [-0.25, -0.2) is 0 Å². The van der Waals surface area contributed by atoms with Crippen LogP contribution in [-0.4, -0.2) is 0 Å². The zero-order valence-electron chi connectivity index (χ0n) is 11.7. The van der Waals surface area contributed by atoms with Crippen molar-refractivity contribution in [3.05, 3.63) is 0 Å². The quantitative estimate of drug-likeness (QED) is 0.462. The summed E-state index contributed by atoms with van der Waals surface area (Å²) >= 11 is 0. The topological polar surface area (TPSA) is 0 Å². The van der Waals surface area contributed by atoms with Crippen LogP contribution in [0.4, 0.5) is 0 Å². The molecule has 92 valence electrons. The molecule has 0 aromatic rings. The van der Waals surface area contributed by atoms with E-state index in [0.717, 1.165) is 17.8 Å². The highest BCUT2D eigenvalue weighted by Gasteiger charge is 2.22.